The number of halogens is 1. The number of aromatic amines is 1. The first-order valence-corrected chi connectivity index (χ1v) is 9.78. The van der Waals surface area contributed by atoms with E-state index < -0.39 is 5.91 Å². The van der Waals surface area contributed by atoms with Gasteiger partial charge >= 0.3 is 0 Å². The fourth-order valence-corrected chi connectivity index (χ4v) is 3.78. The standard InChI is InChI=1S/C21H21ClN4O2/c1-13-10-19(26(25-13)16-8-5-7-15(22)12-16)24-21(28)17-11-14-6-3-2-4-9-18(14)23-20(17)27/h5,7-8,10-12H,2-4,6,9H2,1H3,(H,23,27)(H,24,28). The molecule has 28 heavy (non-hydrogen) atoms. The molecule has 1 aliphatic carbocycles. The molecule has 0 saturated carbocycles. The second-order valence-corrected chi connectivity index (χ2v) is 7.53. The first kappa shape index (κ1) is 18.5. The van der Waals surface area contributed by atoms with Gasteiger partial charge in [0.25, 0.3) is 11.5 Å². The van der Waals surface area contributed by atoms with Crippen LogP contribution in [-0.4, -0.2) is 20.7 Å². The first-order valence-electron chi connectivity index (χ1n) is 9.40. The lowest BCUT2D eigenvalue weighted by Gasteiger charge is -2.11. The minimum atomic E-state index is -0.448. The molecule has 0 radical (unpaired) electrons. The fourth-order valence-electron chi connectivity index (χ4n) is 3.60. The highest BCUT2D eigenvalue weighted by molar-refractivity contribution is 6.30. The predicted molar refractivity (Wildman–Crippen MR) is 110 cm³/mol. The molecular formula is C21H21ClN4O2. The minimum absolute atomic E-state index is 0.122. The van der Waals surface area contributed by atoms with Gasteiger partial charge in [0, 0.05) is 16.8 Å². The maximum atomic E-state index is 12.9. The normalized spacial score (nSPS) is 13.6. The Hall–Kier alpha value is -2.86. The summed E-state index contributed by atoms with van der Waals surface area (Å²) in [4.78, 5) is 28.3. The van der Waals surface area contributed by atoms with E-state index in [1.165, 1.54) is 0 Å². The highest BCUT2D eigenvalue weighted by Gasteiger charge is 2.18. The van der Waals surface area contributed by atoms with Crippen LogP contribution >= 0.6 is 11.6 Å². The summed E-state index contributed by atoms with van der Waals surface area (Å²) in [6.45, 7) is 1.84. The van der Waals surface area contributed by atoms with Gasteiger partial charge in [0.15, 0.2) is 0 Å². The van der Waals surface area contributed by atoms with Crippen LogP contribution in [0.3, 0.4) is 0 Å². The monoisotopic (exact) mass is 396 g/mol. The Balaban J connectivity index is 1.67. The van der Waals surface area contributed by atoms with Crippen LogP contribution in [0.25, 0.3) is 5.69 Å². The van der Waals surface area contributed by atoms with Crippen molar-refractivity contribution in [1.82, 2.24) is 14.8 Å². The third-order valence-electron chi connectivity index (χ3n) is 4.96. The number of hydrogen-bond donors (Lipinski definition) is 2. The molecular weight excluding hydrogens is 376 g/mol. The molecule has 0 unspecified atom stereocenters. The molecule has 0 bridgehead atoms. The molecule has 0 aliphatic heterocycles. The van der Waals surface area contributed by atoms with Crippen molar-refractivity contribution >= 4 is 23.3 Å². The fraction of sp³-hybridized carbons (Fsp3) is 0.286. The number of carbonyl (C=O) groups is 1. The van der Waals surface area contributed by atoms with Crippen molar-refractivity contribution in [2.45, 2.75) is 39.0 Å². The summed E-state index contributed by atoms with van der Waals surface area (Å²) in [5, 5.41) is 7.83. The van der Waals surface area contributed by atoms with Crippen molar-refractivity contribution in [3.63, 3.8) is 0 Å². The number of aromatic nitrogens is 3. The summed E-state index contributed by atoms with van der Waals surface area (Å²) in [5.74, 6) is 0.0376. The van der Waals surface area contributed by atoms with Crippen LogP contribution in [0.5, 0.6) is 0 Å². The topological polar surface area (TPSA) is 79.8 Å². The maximum Gasteiger partial charge on any atom is 0.262 e. The molecule has 2 heterocycles. The van der Waals surface area contributed by atoms with E-state index in [1.807, 2.05) is 19.1 Å². The number of hydrogen-bond acceptors (Lipinski definition) is 3. The molecule has 2 aromatic heterocycles. The number of aryl methyl sites for hydroxylation is 3. The average Bonchev–Trinajstić information content (AvgIpc) is 2.87. The number of carbonyl (C=O) groups excluding carboxylic acids is 1. The quantitative estimate of drug-likeness (QED) is 0.655. The Morgan fingerprint density at radius 2 is 2.00 bits per heavy atom. The number of benzene rings is 1. The highest BCUT2D eigenvalue weighted by atomic mass is 35.5. The third-order valence-corrected chi connectivity index (χ3v) is 5.19. The second-order valence-electron chi connectivity index (χ2n) is 7.09. The van der Waals surface area contributed by atoms with E-state index in [-0.39, 0.29) is 11.1 Å². The van der Waals surface area contributed by atoms with Gasteiger partial charge in [0.05, 0.1) is 11.4 Å². The van der Waals surface area contributed by atoms with Crippen molar-refractivity contribution in [2.75, 3.05) is 5.32 Å². The van der Waals surface area contributed by atoms with Crippen LogP contribution in [0.4, 0.5) is 5.82 Å². The number of nitrogens with one attached hydrogen (secondary N) is 2. The zero-order chi connectivity index (χ0) is 19.7. The number of H-pyrrole nitrogens is 1. The SMILES string of the molecule is Cc1cc(NC(=O)c2cc3c([nH]c2=O)CCCCC3)n(-c2cccc(Cl)c2)n1. The molecule has 1 aromatic carbocycles. The van der Waals surface area contributed by atoms with Crippen LogP contribution in [0, 0.1) is 6.92 Å². The van der Waals surface area contributed by atoms with Gasteiger partial charge in [-0.25, -0.2) is 4.68 Å². The summed E-state index contributed by atoms with van der Waals surface area (Å²) in [7, 11) is 0. The lowest BCUT2D eigenvalue weighted by Crippen LogP contribution is -2.25. The average molecular weight is 397 g/mol. The van der Waals surface area contributed by atoms with Crippen LogP contribution in [0.2, 0.25) is 5.02 Å². The molecule has 144 valence electrons. The Morgan fingerprint density at radius 1 is 1.18 bits per heavy atom. The van der Waals surface area contributed by atoms with E-state index in [4.69, 9.17) is 11.6 Å². The van der Waals surface area contributed by atoms with Crippen molar-refractivity contribution < 1.29 is 4.79 Å². The van der Waals surface area contributed by atoms with Crippen molar-refractivity contribution in [2.24, 2.45) is 0 Å². The van der Waals surface area contributed by atoms with E-state index in [2.05, 4.69) is 15.4 Å². The molecule has 2 N–H and O–H groups in total. The molecule has 1 amide bonds. The summed E-state index contributed by atoms with van der Waals surface area (Å²) < 4.78 is 1.61. The molecule has 0 atom stereocenters. The molecule has 0 spiro atoms. The zero-order valence-corrected chi connectivity index (χ0v) is 16.3. The van der Waals surface area contributed by atoms with Gasteiger partial charge in [0.1, 0.15) is 11.4 Å². The van der Waals surface area contributed by atoms with Gasteiger partial charge in [-0.1, -0.05) is 24.1 Å². The van der Waals surface area contributed by atoms with Gasteiger partial charge in [-0.05, 0) is 62.4 Å². The highest BCUT2D eigenvalue weighted by Crippen LogP contribution is 2.22. The number of rotatable bonds is 3. The lowest BCUT2D eigenvalue weighted by molar-refractivity contribution is 0.102. The number of pyridine rings is 1. The Kier molecular flexibility index (Phi) is 5.05. The number of anilines is 1. The first-order chi connectivity index (χ1) is 13.5. The molecule has 6 nitrogen and oxygen atoms in total. The largest absolute Gasteiger partial charge is 0.325 e. The van der Waals surface area contributed by atoms with Gasteiger partial charge in [-0.3, -0.25) is 9.59 Å². The van der Waals surface area contributed by atoms with Crippen LogP contribution in [0.15, 0.2) is 41.2 Å². The molecule has 7 heteroatoms. The van der Waals surface area contributed by atoms with E-state index in [1.54, 1.807) is 28.9 Å². The second kappa shape index (κ2) is 7.64. The molecule has 0 saturated heterocycles. The zero-order valence-electron chi connectivity index (χ0n) is 15.6. The van der Waals surface area contributed by atoms with Crippen LogP contribution < -0.4 is 10.9 Å². The number of amides is 1. The summed E-state index contributed by atoms with van der Waals surface area (Å²) in [6, 6.07) is 10.7. The van der Waals surface area contributed by atoms with Crippen LogP contribution in [-0.2, 0) is 12.8 Å². The summed E-state index contributed by atoms with van der Waals surface area (Å²) in [6.07, 6.45) is 5.00. The van der Waals surface area contributed by atoms with Gasteiger partial charge in [-0.2, -0.15) is 5.10 Å². The summed E-state index contributed by atoms with van der Waals surface area (Å²) >= 11 is 6.08. The predicted octanol–water partition coefficient (Wildman–Crippen LogP) is 4.04. The van der Waals surface area contributed by atoms with E-state index in [0.29, 0.717) is 10.8 Å². The molecule has 0 fully saturated rings. The Morgan fingerprint density at radius 3 is 2.82 bits per heavy atom. The van der Waals surface area contributed by atoms with E-state index in [0.717, 1.165) is 54.7 Å². The van der Waals surface area contributed by atoms with Gasteiger partial charge < -0.3 is 10.3 Å². The van der Waals surface area contributed by atoms with Crippen molar-refractivity contribution in [3.05, 3.63) is 74.3 Å². The smallest absolute Gasteiger partial charge is 0.262 e. The summed E-state index contributed by atoms with van der Waals surface area (Å²) in [5.41, 5.74) is 3.25. The van der Waals surface area contributed by atoms with Crippen LogP contribution in [0.1, 0.15) is 46.6 Å². The van der Waals surface area contributed by atoms with E-state index >= 15 is 0 Å². The lowest BCUT2D eigenvalue weighted by atomic mass is 10.1. The number of nitrogens with zero attached hydrogens (tertiary/aromatic N) is 2. The Labute approximate surface area is 167 Å². The Bertz CT molecular complexity index is 1100. The van der Waals surface area contributed by atoms with Gasteiger partial charge in [0.2, 0.25) is 0 Å². The van der Waals surface area contributed by atoms with Crippen molar-refractivity contribution in [3.8, 4) is 5.69 Å². The molecule has 4 rings (SSSR count). The van der Waals surface area contributed by atoms with Crippen molar-refractivity contribution in [1.29, 1.82) is 0 Å². The minimum Gasteiger partial charge on any atom is -0.325 e. The maximum absolute atomic E-state index is 12.9. The molecule has 1 aliphatic rings. The molecule has 3 aromatic rings. The van der Waals surface area contributed by atoms with Gasteiger partial charge in [-0.15, -0.1) is 0 Å². The third kappa shape index (κ3) is 3.73. The van der Waals surface area contributed by atoms with E-state index in [9.17, 15) is 9.59 Å². The number of fused-ring (bicyclic) bond motifs is 1.